The number of rotatable bonds is 7. The van der Waals surface area contributed by atoms with Crippen LogP contribution in [0.25, 0.3) is 0 Å². The van der Waals surface area contributed by atoms with Gasteiger partial charge in [-0.05, 0) is 55.7 Å². The van der Waals surface area contributed by atoms with Gasteiger partial charge in [-0.15, -0.1) is 0 Å². The van der Waals surface area contributed by atoms with Crippen LogP contribution in [0, 0.1) is 5.92 Å². The van der Waals surface area contributed by atoms with Crippen LogP contribution >= 0.6 is 0 Å². The second kappa shape index (κ2) is 9.04. The predicted octanol–water partition coefficient (Wildman–Crippen LogP) is 6.65. The van der Waals surface area contributed by atoms with Crippen LogP contribution in [0.2, 0.25) is 36.3 Å². The first-order valence-electron chi connectivity index (χ1n) is 10.7. The summed E-state index contributed by atoms with van der Waals surface area (Å²) in [5.41, 5.74) is 0. The Labute approximate surface area is 175 Å². The van der Waals surface area contributed by atoms with Crippen molar-refractivity contribution in [2.75, 3.05) is 6.61 Å². The standard InChI is InChI=1S/C22H44O4Si2/c1-12-24-20(23)16-17-15-18(25-27(8,9)21(2,3)4)13-14-19(17)26-28(10,11)22(5,6)7/h15,17,19H,12-14,16H2,1-11H3/t17-,19?/m0/s1. The van der Waals surface area contributed by atoms with Crippen LogP contribution in [-0.4, -0.2) is 35.3 Å². The van der Waals surface area contributed by atoms with E-state index in [0.717, 1.165) is 18.6 Å². The highest BCUT2D eigenvalue weighted by atomic mass is 28.4. The fraction of sp³-hybridized carbons (Fsp3) is 0.864. The minimum atomic E-state index is -1.92. The van der Waals surface area contributed by atoms with Crippen molar-refractivity contribution < 1.29 is 18.4 Å². The third kappa shape index (κ3) is 6.73. The molecule has 0 aliphatic heterocycles. The molecule has 6 heteroatoms. The van der Waals surface area contributed by atoms with Crippen molar-refractivity contribution in [3.8, 4) is 0 Å². The van der Waals surface area contributed by atoms with Crippen LogP contribution in [0.5, 0.6) is 0 Å². The van der Waals surface area contributed by atoms with Crippen molar-refractivity contribution in [1.82, 2.24) is 0 Å². The number of esters is 1. The van der Waals surface area contributed by atoms with Crippen LogP contribution < -0.4 is 0 Å². The lowest BCUT2D eigenvalue weighted by molar-refractivity contribution is -0.144. The fourth-order valence-corrected chi connectivity index (χ4v) is 5.33. The minimum Gasteiger partial charge on any atom is -0.547 e. The maximum atomic E-state index is 12.2. The number of hydrogen-bond donors (Lipinski definition) is 0. The van der Waals surface area contributed by atoms with Gasteiger partial charge in [-0.2, -0.15) is 0 Å². The summed E-state index contributed by atoms with van der Waals surface area (Å²) in [5.74, 6) is 0.902. The Kier molecular flexibility index (Phi) is 8.22. The molecule has 0 aromatic carbocycles. The number of allylic oxidation sites excluding steroid dienone is 1. The number of hydrogen-bond acceptors (Lipinski definition) is 4. The zero-order valence-electron chi connectivity index (χ0n) is 20.2. The van der Waals surface area contributed by atoms with E-state index in [2.05, 4.69) is 73.8 Å². The average molecular weight is 429 g/mol. The van der Waals surface area contributed by atoms with Crippen LogP contribution in [0.3, 0.4) is 0 Å². The second-order valence-corrected chi connectivity index (χ2v) is 20.6. The van der Waals surface area contributed by atoms with Gasteiger partial charge in [-0.3, -0.25) is 4.79 Å². The van der Waals surface area contributed by atoms with E-state index in [1.165, 1.54) is 0 Å². The molecule has 1 aliphatic rings. The molecular weight excluding hydrogens is 384 g/mol. The average Bonchev–Trinajstić information content (AvgIpc) is 2.47. The van der Waals surface area contributed by atoms with Crippen LogP contribution in [0.1, 0.15) is 67.7 Å². The molecule has 0 bridgehead atoms. The zero-order chi connectivity index (χ0) is 22.0. The van der Waals surface area contributed by atoms with E-state index in [-0.39, 0.29) is 28.1 Å². The summed E-state index contributed by atoms with van der Waals surface area (Å²) in [6, 6.07) is 0. The molecule has 1 aliphatic carbocycles. The van der Waals surface area contributed by atoms with Gasteiger partial charge in [0.15, 0.2) is 8.32 Å². The lowest BCUT2D eigenvalue weighted by Gasteiger charge is -2.43. The Morgan fingerprint density at radius 2 is 1.57 bits per heavy atom. The number of carbonyl (C=O) groups excluding carboxylic acids is 1. The third-order valence-electron chi connectivity index (χ3n) is 6.71. The summed E-state index contributed by atoms with van der Waals surface area (Å²) < 4.78 is 18.5. The molecule has 0 amide bonds. The van der Waals surface area contributed by atoms with Crippen molar-refractivity contribution in [1.29, 1.82) is 0 Å². The molecule has 1 rings (SSSR count). The first-order chi connectivity index (χ1) is 12.5. The first kappa shape index (κ1) is 25.4. The molecule has 0 fully saturated rings. The Balaban J connectivity index is 3.07. The summed E-state index contributed by atoms with van der Waals surface area (Å²) in [6.07, 6.45) is 4.36. The monoisotopic (exact) mass is 428 g/mol. The normalized spacial score (nSPS) is 21.9. The summed E-state index contributed by atoms with van der Waals surface area (Å²) in [5, 5.41) is 0.294. The number of carbonyl (C=O) groups is 1. The Hall–Kier alpha value is -0.596. The molecule has 0 saturated carbocycles. The van der Waals surface area contributed by atoms with Crippen molar-refractivity contribution in [3.05, 3.63) is 11.8 Å². The largest absolute Gasteiger partial charge is 0.547 e. The molecule has 0 heterocycles. The van der Waals surface area contributed by atoms with Gasteiger partial charge >= 0.3 is 5.97 Å². The van der Waals surface area contributed by atoms with Gasteiger partial charge in [0, 0.05) is 12.3 Å². The molecule has 0 spiro atoms. The molecule has 0 radical (unpaired) electrons. The van der Waals surface area contributed by atoms with Gasteiger partial charge in [0.1, 0.15) is 0 Å². The molecule has 0 N–H and O–H groups in total. The molecule has 0 aromatic rings. The zero-order valence-corrected chi connectivity index (χ0v) is 22.2. The molecule has 0 saturated heterocycles. The highest BCUT2D eigenvalue weighted by molar-refractivity contribution is 6.74. The van der Waals surface area contributed by atoms with E-state index >= 15 is 0 Å². The van der Waals surface area contributed by atoms with Crippen LogP contribution in [-0.2, 0) is 18.4 Å². The van der Waals surface area contributed by atoms with E-state index in [9.17, 15) is 4.79 Å². The van der Waals surface area contributed by atoms with Crippen LogP contribution in [0.4, 0.5) is 0 Å². The van der Waals surface area contributed by atoms with E-state index in [4.69, 9.17) is 13.6 Å². The predicted molar refractivity (Wildman–Crippen MR) is 122 cm³/mol. The SMILES string of the molecule is CCOC(=O)C[C@@H]1C=C(O[Si](C)(C)C(C)(C)C)CCC1O[Si](C)(C)C(C)(C)C. The fourth-order valence-electron chi connectivity index (χ4n) is 2.80. The topological polar surface area (TPSA) is 44.8 Å². The number of ether oxygens (including phenoxy) is 1. The lowest BCUT2D eigenvalue weighted by Crippen LogP contribution is -2.47. The summed E-state index contributed by atoms with van der Waals surface area (Å²) >= 11 is 0. The smallest absolute Gasteiger partial charge is 0.306 e. The molecule has 0 aromatic heterocycles. The van der Waals surface area contributed by atoms with Gasteiger partial charge < -0.3 is 13.6 Å². The molecule has 1 unspecified atom stereocenters. The van der Waals surface area contributed by atoms with Gasteiger partial charge in [0.2, 0.25) is 8.32 Å². The highest BCUT2D eigenvalue weighted by Crippen LogP contribution is 2.43. The Morgan fingerprint density at radius 1 is 1.04 bits per heavy atom. The summed E-state index contributed by atoms with van der Waals surface area (Å²) in [4.78, 5) is 12.2. The quantitative estimate of drug-likeness (QED) is 0.336. The van der Waals surface area contributed by atoms with Gasteiger partial charge in [0.25, 0.3) is 0 Å². The molecule has 4 nitrogen and oxygen atoms in total. The minimum absolute atomic E-state index is 0.0155. The molecular formula is C22H44O4Si2. The highest BCUT2D eigenvalue weighted by Gasteiger charge is 2.43. The third-order valence-corrected chi connectivity index (χ3v) is 15.6. The molecule has 164 valence electrons. The summed E-state index contributed by atoms with van der Waals surface area (Å²) in [7, 11) is -3.81. The Bertz CT molecular complexity index is 568. The van der Waals surface area contributed by atoms with E-state index < -0.39 is 16.6 Å². The maximum absolute atomic E-state index is 12.2. The van der Waals surface area contributed by atoms with Gasteiger partial charge in [-0.25, -0.2) is 0 Å². The Morgan fingerprint density at radius 3 is 2.04 bits per heavy atom. The van der Waals surface area contributed by atoms with Crippen molar-refractivity contribution in [3.63, 3.8) is 0 Å². The maximum Gasteiger partial charge on any atom is 0.306 e. The van der Waals surface area contributed by atoms with Crippen molar-refractivity contribution in [2.45, 2.75) is 110 Å². The molecule has 28 heavy (non-hydrogen) atoms. The van der Waals surface area contributed by atoms with E-state index in [1.807, 2.05) is 6.92 Å². The second-order valence-electron chi connectivity index (χ2n) is 11.1. The van der Waals surface area contributed by atoms with E-state index in [1.54, 1.807) is 0 Å². The first-order valence-corrected chi connectivity index (χ1v) is 16.5. The van der Waals surface area contributed by atoms with E-state index in [0.29, 0.717) is 13.0 Å². The van der Waals surface area contributed by atoms with Gasteiger partial charge in [0.05, 0.1) is 24.9 Å². The summed E-state index contributed by atoms with van der Waals surface area (Å²) in [6.45, 7) is 24.9. The molecule has 2 atom stereocenters. The van der Waals surface area contributed by atoms with Crippen molar-refractivity contribution >= 4 is 22.6 Å². The van der Waals surface area contributed by atoms with Gasteiger partial charge in [-0.1, -0.05) is 41.5 Å². The van der Waals surface area contributed by atoms with Crippen molar-refractivity contribution in [2.24, 2.45) is 5.92 Å². The van der Waals surface area contributed by atoms with Crippen LogP contribution in [0.15, 0.2) is 11.8 Å². The lowest BCUT2D eigenvalue weighted by atomic mass is 9.89.